The normalized spacial score (nSPS) is 13.8. The average molecular weight is 802 g/mol. The van der Waals surface area contributed by atoms with Gasteiger partial charge in [0.2, 0.25) is 0 Å². The molecule has 0 aliphatic carbocycles. The minimum absolute atomic E-state index is 0.00721. The van der Waals surface area contributed by atoms with Gasteiger partial charge in [0.25, 0.3) is 6.71 Å². The summed E-state index contributed by atoms with van der Waals surface area (Å²) in [6.07, 6.45) is 0. The van der Waals surface area contributed by atoms with Crippen LogP contribution in [0.25, 0.3) is 65.8 Å². The van der Waals surface area contributed by atoms with Gasteiger partial charge in [-0.1, -0.05) is 153 Å². The number of benzene rings is 8. The summed E-state index contributed by atoms with van der Waals surface area (Å²) in [6.45, 7) is 20.9. The van der Waals surface area contributed by atoms with E-state index in [4.69, 9.17) is 0 Å². The molecule has 0 atom stereocenters. The molecule has 62 heavy (non-hydrogen) atoms. The predicted octanol–water partition coefficient (Wildman–Crippen LogP) is 13.5. The zero-order valence-electron chi connectivity index (χ0n) is 37.4. The molecule has 3 nitrogen and oxygen atoms in total. The molecule has 0 saturated heterocycles. The Balaban J connectivity index is 1.33. The summed E-state index contributed by atoms with van der Waals surface area (Å²) in [7, 11) is 0. The van der Waals surface area contributed by atoms with Crippen molar-refractivity contribution in [2.75, 3.05) is 4.90 Å². The molecular weight excluding hydrogens is 749 g/mol. The minimum atomic E-state index is -0.0434. The van der Waals surface area contributed by atoms with Gasteiger partial charge in [0, 0.05) is 49.7 Å². The van der Waals surface area contributed by atoms with Crippen molar-refractivity contribution in [3.05, 3.63) is 168 Å². The maximum Gasteiger partial charge on any atom is 0.253 e. The summed E-state index contributed by atoms with van der Waals surface area (Å²) in [5.74, 6) is 0. The lowest BCUT2D eigenvalue weighted by Crippen LogP contribution is -2.61. The van der Waals surface area contributed by atoms with Gasteiger partial charge in [-0.25, -0.2) is 0 Å². The number of fused-ring (bicyclic) bond motifs is 13. The number of aromatic nitrogens is 2. The third-order valence-corrected chi connectivity index (χ3v) is 14.1. The van der Waals surface area contributed by atoms with Crippen LogP contribution in [-0.4, -0.2) is 15.8 Å². The third-order valence-electron chi connectivity index (χ3n) is 14.1. The van der Waals surface area contributed by atoms with E-state index in [1.807, 2.05) is 0 Å². The topological polar surface area (TPSA) is 13.1 Å². The minimum Gasteiger partial charge on any atom is -0.311 e. The van der Waals surface area contributed by atoms with Crippen LogP contribution in [0.4, 0.5) is 17.1 Å². The SMILES string of the molecule is CC(C)(C)c1ccc(N2c3ccc(C(C)(C)C)cc3B3c4c(cc5ccccc5c42)-n2c4ccc(C(C)(C)C)cc4c4cc5c(c3c42)c2ccccc2n5-c2ccccc2)cc1. The van der Waals surface area contributed by atoms with Crippen molar-refractivity contribution < 1.29 is 0 Å². The Labute approximate surface area is 365 Å². The molecule has 12 rings (SSSR count). The average Bonchev–Trinajstić information content (AvgIpc) is 3.76. The molecule has 0 fully saturated rings. The van der Waals surface area contributed by atoms with E-state index in [0.717, 1.165) is 0 Å². The smallest absolute Gasteiger partial charge is 0.253 e. The van der Waals surface area contributed by atoms with Crippen molar-refractivity contribution in [3.8, 4) is 11.4 Å². The molecule has 0 amide bonds. The highest BCUT2D eigenvalue weighted by molar-refractivity contribution is 7.02. The maximum absolute atomic E-state index is 2.65. The maximum atomic E-state index is 2.65. The van der Waals surface area contributed by atoms with Crippen LogP contribution in [0.5, 0.6) is 0 Å². The summed E-state index contributed by atoms with van der Waals surface area (Å²) >= 11 is 0. The highest BCUT2D eigenvalue weighted by Gasteiger charge is 2.45. The number of para-hydroxylation sites is 2. The van der Waals surface area contributed by atoms with Crippen molar-refractivity contribution in [3.63, 3.8) is 0 Å². The Morgan fingerprint density at radius 2 is 1.02 bits per heavy atom. The molecule has 4 heteroatoms. The van der Waals surface area contributed by atoms with E-state index in [1.165, 1.54) is 116 Å². The van der Waals surface area contributed by atoms with Gasteiger partial charge in [-0.15, -0.1) is 0 Å². The molecule has 0 bridgehead atoms. The van der Waals surface area contributed by atoms with E-state index in [1.54, 1.807) is 0 Å². The van der Waals surface area contributed by atoms with Gasteiger partial charge in [0.15, 0.2) is 0 Å². The first-order valence-electron chi connectivity index (χ1n) is 22.4. The number of hydrogen-bond acceptors (Lipinski definition) is 1. The molecule has 0 spiro atoms. The fraction of sp³-hybridized carbons (Fsp3) is 0.207. The Bertz CT molecular complexity index is 3510. The lowest BCUT2D eigenvalue weighted by atomic mass is 9.33. The summed E-state index contributed by atoms with van der Waals surface area (Å²) in [6, 6.07) is 58.3. The zero-order valence-corrected chi connectivity index (χ0v) is 37.4. The van der Waals surface area contributed by atoms with E-state index in [2.05, 4.69) is 228 Å². The fourth-order valence-corrected chi connectivity index (χ4v) is 11.0. The summed E-state index contributed by atoms with van der Waals surface area (Å²) in [4.78, 5) is 2.60. The molecular formula is C58H52BN3. The highest BCUT2D eigenvalue weighted by Crippen LogP contribution is 2.48. The number of nitrogens with zero attached hydrogens (tertiary/aromatic N) is 3. The number of hydrogen-bond donors (Lipinski definition) is 0. The second-order valence-electron chi connectivity index (χ2n) is 21.1. The third kappa shape index (κ3) is 5.13. The summed E-state index contributed by atoms with van der Waals surface area (Å²) < 4.78 is 5.17. The molecule has 302 valence electrons. The van der Waals surface area contributed by atoms with E-state index < -0.39 is 0 Å². The van der Waals surface area contributed by atoms with Crippen LogP contribution in [-0.2, 0) is 16.2 Å². The second-order valence-corrected chi connectivity index (χ2v) is 21.1. The van der Waals surface area contributed by atoms with E-state index in [-0.39, 0.29) is 23.0 Å². The lowest BCUT2D eigenvalue weighted by Gasteiger charge is -2.42. The first-order valence-corrected chi connectivity index (χ1v) is 22.4. The van der Waals surface area contributed by atoms with Gasteiger partial charge in [-0.3, -0.25) is 0 Å². The summed E-state index contributed by atoms with van der Waals surface area (Å²) in [5.41, 5.74) is 19.4. The van der Waals surface area contributed by atoms with Crippen LogP contribution in [0.15, 0.2) is 152 Å². The Morgan fingerprint density at radius 3 is 1.74 bits per heavy atom. The number of anilines is 3. The van der Waals surface area contributed by atoms with Crippen LogP contribution in [0.3, 0.4) is 0 Å². The van der Waals surface area contributed by atoms with Gasteiger partial charge in [-0.2, -0.15) is 0 Å². The first-order chi connectivity index (χ1) is 29.7. The van der Waals surface area contributed by atoms with Crippen molar-refractivity contribution >= 4 is 94.5 Å². The fourth-order valence-electron chi connectivity index (χ4n) is 11.0. The molecule has 10 aromatic rings. The van der Waals surface area contributed by atoms with Crippen LogP contribution in [0.1, 0.15) is 79.0 Å². The quantitative estimate of drug-likeness (QED) is 0.159. The van der Waals surface area contributed by atoms with Crippen molar-refractivity contribution in [2.24, 2.45) is 0 Å². The van der Waals surface area contributed by atoms with Crippen LogP contribution >= 0.6 is 0 Å². The van der Waals surface area contributed by atoms with Gasteiger partial charge in [-0.05, 0) is 115 Å². The van der Waals surface area contributed by atoms with Crippen LogP contribution in [0, 0.1) is 0 Å². The molecule has 4 heterocycles. The molecule has 0 radical (unpaired) electrons. The Kier molecular flexibility index (Phi) is 7.54. The molecule has 2 aliphatic heterocycles. The molecule has 8 aromatic carbocycles. The molecule has 2 aliphatic rings. The zero-order chi connectivity index (χ0) is 42.6. The van der Waals surface area contributed by atoms with E-state index in [0.29, 0.717) is 0 Å². The molecule has 0 N–H and O–H groups in total. The van der Waals surface area contributed by atoms with E-state index >= 15 is 0 Å². The van der Waals surface area contributed by atoms with Crippen molar-refractivity contribution in [1.29, 1.82) is 0 Å². The molecule has 0 saturated carbocycles. The van der Waals surface area contributed by atoms with Gasteiger partial charge < -0.3 is 14.0 Å². The number of rotatable bonds is 2. The predicted molar refractivity (Wildman–Crippen MR) is 268 cm³/mol. The summed E-state index contributed by atoms with van der Waals surface area (Å²) in [5, 5.41) is 7.75. The highest BCUT2D eigenvalue weighted by atomic mass is 15.2. The van der Waals surface area contributed by atoms with E-state index in [9.17, 15) is 0 Å². The van der Waals surface area contributed by atoms with Gasteiger partial charge in [0.05, 0.1) is 27.8 Å². The van der Waals surface area contributed by atoms with Crippen molar-refractivity contribution in [1.82, 2.24) is 9.13 Å². The first kappa shape index (κ1) is 37.3. The van der Waals surface area contributed by atoms with Gasteiger partial charge in [0.1, 0.15) is 0 Å². The largest absolute Gasteiger partial charge is 0.311 e. The second kappa shape index (κ2) is 12.5. The Morgan fingerprint density at radius 1 is 0.403 bits per heavy atom. The Hall–Kier alpha value is -6.52. The standard InChI is InChI=1S/C58H52BN3/c1-56(2,3)36-23-27-40(28-24-36)61-48-30-26-38(58(7,8)9)33-45(48)59-52-50(31-35-17-13-14-20-41(35)54(52)61)62-47-29-25-37(57(4,5)6)32-43(47)44-34-49-51(53(59)55(44)62)42-21-15-16-22-46(42)60(49)39-18-11-10-12-19-39/h10-34H,1-9H3. The molecule has 0 unspecified atom stereocenters. The van der Waals surface area contributed by atoms with Gasteiger partial charge >= 0.3 is 0 Å². The van der Waals surface area contributed by atoms with Crippen LogP contribution < -0.4 is 21.3 Å². The van der Waals surface area contributed by atoms with Crippen LogP contribution in [0.2, 0.25) is 0 Å². The molecule has 2 aromatic heterocycles. The monoisotopic (exact) mass is 801 g/mol. The van der Waals surface area contributed by atoms with Crippen molar-refractivity contribution in [2.45, 2.75) is 78.6 Å². The lowest BCUT2D eigenvalue weighted by molar-refractivity contribution is 0.590.